The second-order valence-corrected chi connectivity index (χ2v) is 8.29. The second-order valence-electron chi connectivity index (χ2n) is 8.29. The lowest BCUT2D eigenvalue weighted by Gasteiger charge is -2.40. The Balaban J connectivity index is 1.49. The third kappa shape index (κ3) is 3.84. The standard InChI is InChI=1S/C22H28FN5O2/c1-14(2)28-13-19-18(22(28)29)9-16(21(25-19)30-4)12-26-7-8-27(15(3)11-26)20-6-5-17(23)10-24-20/h5-6,9-10,14-15H,7-8,11-13H2,1-4H3. The quantitative estimate of drug-likeness (QED) is 0.751. The Bertz CT molecular complexity index is 934. The highest BCUT2D eigenvalue weighted by Gasteiger charge is 2.32. The molecule has 1 saturated heterocycles. The molecule has 2 aromatic heterocycles. The number of anilines is 1. The van der Waals surface area contributed by atoms with E-state index in [0.29, 0.717) is 24.5 Å². The highest BCUT2D eigenvalue weighted by molar-refractivity contribution is 5.98. The van der Waals surface area contributed by atoms with E-state index in [1.54, 1.807) is 13.2 Å². The van der Waals surface area contributed by atoms with Crippen molar-refractivity contribution in [3.8, 4) is 5.88 Å². The molecule has 0 saturated carbocycles. The molecule has 0 spiro atoms. The number of rotatable bonds is 5. The molecule has 0 aromatic carbocycles. The molecule has 7 nitrogen and oxygen atoms in total. The maximum absolute atomic E-state index is 13.2. The lowest BCUT2D eigenvalue weighted by atomic mass is 10.1. The van der Waals surface area contributed by atoms with Gasteiger partial charge in [-0.05, 0) is 39.0 Å². The van der Waals surface area contributed by atoms with Crippen molar-refractivity contribution in [2.75, 3.05) is 31.6 Å². The molecule has 2 aromatic rings. The van der Waals surface area contributed by atoms with E-state index in [-0.39, 0.29) is 23.8 Å². The zero-order valence-electron chi connectivity index (χ0n) is 17.9. The van der Waals surface area contributed by atoms with Gasteiger partial charge in [0.1, 0.15) is 11.6 Å². The summed E-state index contributed by atoms with van der Waals surface area (Å²) in [5, 5.41) is 0. The van der Waals surface area contributed by atoms with Gasteiger partial charge in [-0.25, -0.2) is 14.4 Å². The Hall–Kier alpha value is -2.74. The van der Waals surface area contributed by atoms with Crippen molar-refractivity contribution in [2.45, 2.75) is 45.9 Å². The molecule has 8 heteroatoms. The molecule has 0 radical (unpaired) electrons. The molecule has 0 N–H and O–H groups in total. The van der Waals surface area contributed by atoms with E-state index in [1.165, 1.54) is 12.3 Å². The van der Waals surface area contributed by atoms with Crippen LogP contribution in [0.2, 0.25) is 0 Å². The molecule has 160 valence electrons. The number of halogens is 1. The average molecular weight is 413 g/mol. The first-order valence-corrected chi connectivity index (χ1v) is 10.4. The summed E-state index contributed by atoms with van der Waals surface area (Å²) in [5.41, 5.74) is 2.40. The van der Waals surface area contributed by atoms with Gasteiger partial charge in [0.15, 0.2) is 0 Å². The summed E-state index contributed by atoms with van der Waals surface area (Å²) in [6, 6.07) is 5.48. The predicted octanol–water partition coefficient (Wildman–Crippen LogP) is 2.70. The minimum absolute atomic E-state index is 0.0389. The summed E-state index contributed by atoms with van der Waals surface area (Å²) in [6.45, 7) is 9.80. The van der Waals surface area contributed by atoms with Crippen LogP contribution in [0.15, 0.2) is 24.4 Å². The van der Waals surface area contributed by atoms with Crippen molar-refractivity contribution in [1.29, 1.82) is 0 Å². The van der Waals surface area contributed by atoms with Gasteiger partial charge in [-0.2, -0.15) is 0 Å². The highest BCUT2D eigenvalue weighted by Crippen LogP contribution is 2.29. The van der Waals surface area contributed by atoms with Crippen LogP contribution in [0.4, 0.5) is 10.2 Å². The van der Waals surface area contributed by atoms with E-state index < -0.39 is 0 Å². The number of pyridine rings is 2. The molecule has 2 aliphatic heterocycles. The number of carbonyl (C=O) groups excluding carboxylic acids is 1. The number of hydrogen-bond acceptors (Lipinski definition) is 6. The smallest absolute Gasteiger partial charge is 0.256 e. The number of fused-ring (bicyclic) bond motifs is 1. The predicted molar refractivity (Wildman–Crippen MR) is 112 cm³/mol. The Morgan fingerprint density at radius 1 is 1.30 bits per heavy atom. The van der Waals surface area contributed by atoms with Gasteiger partial charge in [-0.15, -0.1) is 0 Å². The number of ether oxygens (including phenoxy) is 1. The van der Waals surface area contributed by atoms with E-state index >= 15 is 0 Å². The van der Waals surface area contributed by atoms with Crippen molar-refractivity contribution >= 4 is 11.7 Å². The number of amides is 1. The van der Waals surface area contributed by atoms with Gasteiger partial charge >= 0.3 is 0 Å². The summed E-state index contributed by atoms with van der Waals surface area (Å²) in [6.07, 6.45) is 1.26. The number of hydrogen-bond donors (Lipinski definition) is 0. The first-order valence-electron chi connectivity index (χ1n) is 10.4. The molecule has 4 heterocycles. The van der Waals surface area contributed by atoms with Crippen LogP contribution in [-0.2, 0) is 13.1 Å². The van der Waals surface area contributed by atoms with Crippen LogP contribution in [0.5, 0.6) is 5.88 Å². The maximum atomic E-state index is 13.2. The van der Waals surface area contributed by atoms with E-state index in [9.17, 15) is 9.18 Å². The molecular formula is C22H28FN5O2. The topological polar surface area (TPSA) is 61.8 Å². The summed E-state index contributed by atoms with van der Waals surface area (Å²) in [4.78, 5) is 28.0. The normalized spacial score (nSPS) is 19.5. The summed E-state index contributed by atoms with van der Waals surface area (Å²) < 4.78 is 18.7. The lowest BCUT2D eigenvalue weighted by molar-refractivity contribution is 0.0730. The summed E-state index contributed by atoms with van der Waals surface area (Å²) in [7, 11) is 1.62. The van der Waals surface area contributed by atoms with E-state index in [2.05, 4.69) is 26.7 Å². The summed E-state index contributed by atoms with van der Waals surface area (Å²) in [5.74, 6) is 1.09. The minimum Gasteiger partial charge on any atom is -0.481 e. The van der Waals surface area contributed by atoms with Crippen molar-refractivity contribution in [1.82, 2.24) is 19.8 Å². The molecule has 1 unspecified atom stereocenters. The van der Waals surface area contributed by atoms with Crippen LogP contribution >= 0.6 is 0 Å². The largest absolute Gasteiger partial charge is 0.481 e. The lowest BCUT2D eigenvalue weighted by Crippen LogP contribution is -2.51. The number of nitrogens with zero attached hydrogens (tertiary/aromatic N) is 5. The van der Waals surface area contributed by atoms with Gasteiger partial charge in [0.25, 0.3) is 5.91 Å². The van der Waals surface area contributed by atoms with Crippen molar-refractivity contribution in [2.24, 2.45) is 0 Å². The first kappa shape index (κ1) is 20.5. The average Bonchev–Trinajstić information content (AvgIpc) is 3.04. The maximum Gasteiger partial charge on any atom is 0.256 e. The van der Waals surface area contributed by atoms with Gasteiger partial charge in [0.2, 0.25) is 5.88 Å². The number of methoxy groups -OCH3 is 1. The molecule has 0 aliphatic carbocycles. The summed E-state index contributed by atoms with van der Waals surface area (Å²) >= 11 is 0. The van der Waals surface area contributed by atoms with Gasteiger partial charge in [-0.1, -0.05) is 0 Å². The third-order valence-corrected chi connectivity index (χ3v) is 5.88. The van der Waals surface area contributed by atoms with Gasteiger partial charge in [0, 0.05) is 43.8 Å². The van der Waals surface area contributed by atoms with Crippen molar-refractivity contribution in [3.05, 3.63) is 47.0 Å². The van der Waals surface area contributed by atoms with Crippen molar-refractivity contribution < 1.29 is 13.9 Å². The SMILES string of the molecule is COc1nc2c(cc1CN1CCN(c3ccc(F)cn3)C(C)C1)C(=O)N(C(C)C)C2. The van der Waals surface area contributed by atoms with Crippen LogP contribution in [-0.4, -0.2) is 64.5 Å². The zero-order valence-corrected chi connectivity index (χ0v) is 17.9. The third-order valence-electron chi connectivity index (χ3n) is 5.88. The Kier molecular flexibility index (Phi) is 5.60. The molecular weight excluding hydrogens is 385 g/mol. The molecule has 1 atom stereocenters. The minimum atomic E-state index is -0.327. The Labute approximate surface area is 176 Å². The number of piperazine rings is 1. The number of carbonyl (C=O) groups is 1. The van der Waals surface area contributed by atoms with E-state index in [1.807, 2.05) is 24.8 Å². The zero-order chi connectivity index (χ0) is 21.4. The van der Waals surface area contributed by atoms with Crippen LogP contribution in [0.25, 0.3) is 0 Å². The van der Waals surface area contributed by atoms with Crippen LogP contribution in [0.1, 0.15) is 42.4 Å². The van der Waals surface area contributed by atoms with Crippen LogP contribution in [0.3, 0.4) is 0 Å². The van der Waals surface area contributed by atoms with Crippen molar-refractivity contribution in [3.63, 3.8) is 0 Å². The van der Waals surface area contributed by atoms with Crippen LogP contribution < -0.4 is 9.64 Å². The highest BCUT2D eigenvalue weighted by atomic mass is 19.1. The monoisotopic (exact) mass is 413 g/mol. The fourth-order valence-corrected chi connectivity index (χ4v) is 4.27. The van der Waals surface area contributed by atoms with Gasteiger partial charge in [-0.3, -0.25) is 9.69 Å². The second kappa shape index (κ2) is 8.18. The van der Waals surface area contributed by atoms with E-state index in [0.717, 1.165) is 36.7 Å². The van der Waals surface area contributed by atoms with Crippen LogP contribution in [0, 0.1) is 5.82 Å². The molecule has 0 bridgehead atoms. The first-order chi connectivity index (χ1) is 14.4. The van der Waals surface area contributed by atoms with Gasteiger partial charge in [0.05, 0.1) is 31.1 Å². The molecule has 2 aliphatic rings. The van der Waals surface area contributed by atoms with E-state index in [4.69, 9.17) is 4.74 Å². The molecule has 30 heavy (non-hydrogen) atoms. The molecule has 4 rings (SSSR count). The number of aromatic nitrogens is 2. The molecule has 1 fully saturated rings. The fourth-order valence-electron chi connectivity index (χ4n) is 4.27. The Morgan fingerprint density at radius 2 is 2.10 bits per heavy atom. The Morgan fingerprint density at radius 3 is 2.73 bits per heavy atom. The molecule has 1 amide bonds. The fraction of sp³-hybridized carbons (Fsp3) is 0.500. The van der Waals surface area contributed by atoms with Gasteiger partial charge < -0.3 is 14.5 Å².